The third-order valence-electron chi connectivity index (χ3n) is 7.47. The molecule has 2 aromatic rings. The van der Waals surface area contributed by atoms with Crippen LogP contribution in [0, 0.1) is 0 Å². The number of unbranched alkanes of at least 4 members (excludes halogenated alkanes) is 12. The lowest BCUT2D eigenvalue weighted by Crippen LogP contribution is -2.33. The van der Waals surface area contributed by atoms with E-state index in [-0.39, 0.29) is 0 Å². The molecule has 0 saturated carbocycles. The molecule has 0 saturated heterocycles. The van der Waals surface area contributed by atoms with Gasteiger partial charge in [0.15, 0.2) is 12.4 Å². The van der Waals surface area contributed by atoms with E-state index >= 15 is 0 Å². The SMILES string of the molecule is [N-]=[N+]=NCCCCCCOCCCc1ccc[n+](CCCCCCCCCCCCOCCCc2cccnc2)c1. The summed E-state index contributed by atoms with van der Waals surface area (Å²) in [4.78, 5) is 6.94. The van der Waals surface area contributed by atoms with Gasteiger partial charge in [-0.25, -0.2) is 4.57 Å². The monoisotopic (exact) mass is 566 g/mol. The van der Waals surface area contributed by atoms with Crippen LogP contribution in [-0.2, 0) is 28.9 Å². The largest absolute Gasteiger partial charge is 0.381 e. The van der Waals surface area contributed by atoms with Crippen molar-refractivity contribution in [2.45, 2.75) is 122 Å². The molecule has 2 aromatic heterocycles. The summed E-state index contributed by atoms with van der Waals surface area (Å²) in [6.45, 7) is 5.17. The van der Waals surface area contributed by atoms with E-state index in [1.807, 2.05) is 18.5 Å². The van der Waals surface area contributed by atoms with Gasteiger partial charge >= 0.3 is 0 Å². The highest BCUT2D eigenvalue weighted by Crippen LogP contribution is 2.11. The summed E-state index contributed by atoms with van der Waals surface area (Å²) in [5, 5.41) is 3.56. The van der Waals surface area contributed by atoms with Gasteiger partial charge in [-0.15, -0.1) is 0 Å². The Balaban J connectivity index is 1.31. The molecule has 0 unspecified atom stereocenters. The Morgan fingerprint density at radius 3 is 1.85 bits per heavy atom. The molecule has 2 heterocycles. The van der Waals surface area contributed by atoms with E-state index < -0.39 is 0 Å². The zero-order valence-electron chi connectivity index (χ0n) is 25.6. The first-order valence-corrected chi connectivity index (χ1v) is 16.4. The normalized spacial score (nSPS) is 11.0. The smallest absolute Gasteiger partial charge is 0.171 e. The number of aromatic nitrogens is 2. The van der Waals surface area contributed by atoms with Gasteiger partial charge in [-0.3, -0.25) is 4.98 Å². The van der Waals surface area contributed by atoms with Crippen LogP contribution in [0.4, 0.5) is 0 Å². The van der Waals surface area contributed by atoms with E-state index in [9.17, 15) is 0 Å². The maximum atomic E-state index is 8.26. The molecule has 0 bridgehead atoms. The molecular formula is C34H56N5O2+. The molecule has 0 aliphatic carbocycles. The molecule has 2 rings (SSSR count). The van der Waals surface area contributed by atoms with Crippen LogP contribution in [0.5, 0.6) is 0 Å². The molecule has 0 amide bonds. The minimum absolute atomic E-state index is 0.613. The van der Waals surface area contributed by atoms with Crippen LogP contribution in [-0.4, -0.2) is 38.0 Å². The number of hydrogen-bond acceptors (Lipinski definition) is 4. The van der Waals surface area contributed by atoms with Crippen molar-refractivity contribution in [2.75, 3.05) is 33.0 Å². The Kier molecular flexibility index (Phi) is 22.4. The number of nitrogens with zero attached hydrogens (tertiary/aromatic N) is 5. The molecule has 0 radical (unpaired) electrons. The first-order valence-electron chi connectivity index (χ1n) is 16.4. The van der Waals surface area contributed by atoms with Crippen molar-refractivity contribution in [3.63, 3.8) is 0 Å². The van der Waals surface area contributed by atoms with Crippen molar-refractivity contribution in [1.82, 2.24) is 4.98 Å². The molecule has 0 N–H and O–H groups in total. The molecular weight excluding hydrogens is 510 g/mol. The van der Waals surface area contributed by atoms with Crippen LogP contribution >= 0.6 is 0 Å². The van der Waals surface area contributed by atoms with E-state index in [0.717, 1.165) is 84.3 Å². The predicted octanol–water partition coefficient (Wildman–Crippen LogP) is 8.74. The average molecular weight is 567 g/mol. The van der Waals surface area contributed by atoms with Gasteiger partial charge in [0.25, 0.3) is 0 Å². The Morgan fingerprint density at radius 2 is 1.22 bits per heavy atom. The Labute approximate surface area is 249 Å². The minimum atomic E-state index is 0.613. The van der Waals surface area contributed by atoms with Crippen molar-refractivity contribution < 1.29 is 14.0 Å². The summed E-state index contributed by atoms with van der Waals surface area (Å²) in [5.41, 5.74) is 11.0. The Hall–Kier alpha value is -2.47. The van der Waals surface area contributed by atoms with Gasteiger partial charge in [-0.05, 0) is 74.6 Å². The zero-order chi connectivity index (χ0) is 28.9. The van der Waals surface area contributed by atoms with Gasteiger partial charge in [0.05, 0.1) is 0 Å². The van der Waals surface area contributed by atoms with Gasteiger partial charge in [0.2, 0.25) is 0 Å². The van der Waals surface area contributed by atoms with Crippen LogP contribution < -0.4 is 4.57 Å². The van der Waals surface area contributed by atoms with Crippen LogP contribution in [0.3, 0.4) is 0 Å². The number of ether oxygens (including phenoxy) is 2. The van der Waals surface area contributed by atoms with Gasteiger partial charge < -0.3 is 9.47 Å². The van der Waals surface area contributed by atoms with E-state index in [2.05, 4.69) is 50.2 Å². The highest BCUT2D eigenvalue weighted by Gasteiger charge is 2.03. The number of pyridine rings is 2. The van der Waals surface area contributed by atoms with Crippen molar-refractivity contribution in [3.8, 4) is 0 Å². The average Bonchev–Trinajstić information content (AvgIpc) is 3.00. The fraction of sp³-hybridized carbons (Fsp3) is 0.706. The van der Waals surface area contributed by atoms with E-state index in [0.29, 0.717) is 6.54 Å². The fourth-order valence-electron chi connectivity index (χ4n) is 5.07. The topological polar surface area (TPSA) is 84.0 Å². The van der Waals surface area contributed by atoms with Crippen molar-refractivity contribution in [3.05, 3.63) is 70.6 Å². The number of rotatable bonds is 28. The highest BCUT2D eigenvalue weighted by molar-refractivity contribution is 5.08. The molecule has 0 aliphatic rings. The van der Waals surface area contributed by atoms with Crippen LogP contribution in [0.1, 0.15) is 114 Å². The standard InChI is InChI=1S/C34H56N5O2/c35-38-37-24-11-7-10-14-28-41-30-18-22-34-20-16-26-39(32-34)25-12-8-5-3-1-2-4-6-9-13-27-40-29-17-21-33-19-15-23-36-31-33/h15-16,19-20,23,26,31-32H,1-14,17-18,21-22,24-25,27-30H2/q+1. The molecule has 7 nitrogen and oxygen atoms in total. The molecule has 41 heavy (non-hydrogen) atoms. The lowest BCUT2D eigenvalue weighted by molar-refractivity contribution is -0.697. The number of aryl methyl sites for hydroxylation is 3. The summed E-state index contributed by atoms with van der Waals surface area (Å²) in [5.74, 6) is 0. The van der Waals surface area contributed by atoms with E-state index in [4.69, 9.17) is 15.0 Å². The quantitative estimate of drug-likeness (QED) is 0.0339. The predicted molar refractivity (Wildman–Crippen MR) is 168 cm³/mol. The molecule has 0 aromatic carbocycles. The summed E-state index contributed by atoms with van der Waals surface area (Å²) in [6, 6.07) is 8.55. The van der Waals surface area contributed by atoms with Gasteiger partial charge in [0, 0.05) is 68.3 Å². The first kappa shape index (κ1) is 34.7. The van der Waals surface area contributed by atoms with Gasteiger partial charge in [-0.2, -0.15) is 0 Å². The highest BCUT2D eigenvalue weighted by atomic mass is 16.5. The molecule has 0 spiro atoms. The lowest BCUT2D eigenvalue weighted by atomic mass is 10.1. The zero-order valence-corrected chi connectivity index (χ0v) is 25.6. The maximum absolute atomic E-state index is 8.26. The minimum Gasteiger partial charge on any atom is -0.381 e. The Bertz CT molecular complexity index is 905. The fourth-order valence-corrected chi connectivity index (χ4v) is 5.07. The third-order valence-corrected chi connectivity index (χ3v) is 7.47. The third kappa shape index (κ3) is 21.0. The van der Waals surface area contributed by atoms with Crippen LogP contribution in [0.25, 0.3) is 10.4 Å². The molecule has 0 aliphatic heterocycles. The van der Waals surface area contributed by atoms with E-state index in [1.54, 1.807) is 0 Å². The molecule has 228 valence electrons. The second-order valence-electron chi connectivity index (χ2n) is 11.1. The summed E-state index contributed by atoms with van der Waals surface area (Å²) in [7, 11) is 0. The molecule has 0 atom stereocenters. The second kappa shape index (κ2) is 26.4. The van der Waals surface area contributed by atoms with Gasteiger partial charge in [-0.1, -0.05) is 69.0 Å². The summed E-state index contributed by atoms with van der Waals surface area (Å²) < 4.78 is 13.9. The Morgan fingerprint density at radius 1 is 0.659 bits per heavy atom. The lowest BCUT2D eigenvalue weighted by Gasteiger charge is -2.05. The number of hydrogen-bond donors (Lipinski definition) is 0. The van der Waals surface area contributed by atoms with Crippen LogP contribution in [0.2, 0.25) is 0 Å². The second-order valence-corrected chi connectivity index (χ2v) is 11.1. The summed E-state index contributed by atoms with van der Waals surface area (Å²) >= 11 is 0. The first-order chi connectivity index (χ1) is 20.4. The van der Waals surface area contributed by atoms with Crippen molar-refractivity contribution in [2.24, 2.45) is 5.11 Å². The van der Waals surface area contributed by atoms with Gasteiger partial charge in [0.1, 0.15) is 6.54 Å². The van der Waals surface area contributed by atoms with Crippen molar-refractivity contribution in [1.29, 1.82) is 0 Å². The molecule has 7 heteroatoms. The van der Waals surface area contributed by atoms with Crippen molar-refractivity contribution >= 4 is 0 Å². The number of azide groups is 1. The molecule has 0 fully saturated rings. The van der Waals surface area contributed by atoms with Crippen LogP contribution in [0.15, 0.2) is 54.2 Å². The van der Waals surface area contributed by atoms with E-state index in [1.165, 1.54) is 75.3 Å². The maximum Gasteiger partial charge on any atom is 0.171 e. The summed E-state index contributed by atoms with van der Waals surface area (Å²) in [6.07, 6.45) is 30.2.